The zero-order chi connectivity index (χ0) is 20.9. The highest BCUT2D eigenvalue weighted by atomic mass is 16.6. The molecular formula is C20H25N5O5. The first kappa shape index (κ1) is 20.1. The fourth-order valence-corrected chi connectivity index (χ4v) is 3.67. The molecule has 30 heavy (non-hydrogen) atoms. The summed E-state index contributed by atoms with van der Waals surface area (Å²) in [6, 6.07) is 4.52. The molecule has 10 heteroatoms. The van der Waals surface area contributed by atoms with Crippen LogP contribution >= 0.6 is 0 Å². The largest absolute Gasteiger partial charge is 0.486 e. The first-order valence-corrected chi connectivity index (χ1v) is 10.1. The molecule has 0 bridgehead atoms. The summed E-state index contributed by atoms with van der Waals surface area (Å²) in [7, 11) is 0. The quantitative estimate of drug-likeness (QED) is 0.762. The van der Waals surface area contributed by atoms with Crippen LogP contribution < -0.4 is 20.1 Å². The van der Waals surface area contributed by atoms with Crippen LogP contribution in [-0.2, 0) is 4.79 Å². The van der Waals surface area contributed by atoms with Gasteiger partial charge in [0.15, 0.2) is 17.3 Å². The maximum Gasteiger partial charge on any atom is 0.325 e. The van der Waals surface area contributed by atoms with E-state index in [2.05, 4.69) is 25.7 Å². The van der Waals surface area contributed by atoms with Gasteiger partial charge in [-0.15, -0.1) is 0 Å². The van der Waals surface area contributed by atoms with Crippen LogP contribution in [0.5, 0.6) is 11.5 Å². The summed E-state index contributed by atoms with van der Waals surface area (Å²) >= 11 is 0. The Labute approximate surface area is 173 Å². The van der Waals surface area contributed by atoms with Gasteiger partial charge in [-0.2, -0.15) is 4.98 Å². The number of piperidine rings is 1. The number of nitrogens with one attached hydrogen (secondary N) is 2. The summed E-state index contributed by atoms with van der Waals surface area (Å²) in [6.45, 7) is 4.99. The van der Waals surface area contributed by atoms with E-state index in [4.69, 9.17) is 14.0 Å². The topological polar surface area (TPSA) is 119 Å². The van der Waals surface area contributed by atoms with Crippen molar-refractivity contribution in [1.29, 1.82) is 0 Å². The molecule has 1 aromatic carbocycles. The fraction of sp³-hybridized carbons (Fsp3) is 0.500. The van der Waals surface area contributed by atoms with E-state index in [1.807, 2.05) is 0 Å². The van der Waals surface area contributed by atoms with Crippen molar-refractivity contribution in [3.05, 3.63) is 29.9 Å². The lowest BCUT2D eigenvalue weighted by Gasteiger charge is -2.30. The van der Waals surface area contributed by atoms with Crippen molar-refractivity contribution in [1.82, 2.24) is 20.4 Å². The fourth-order valence-electron chi connectivity index (χ4n) is 3.67. The van der Waals surface area contributed by atoms with Gasteiger partial charge in [-0.05, 0) is 38.4 Å². The summed E-state index contributed by atoms with van der Waals surface area (Å²) in [4.78, 5) is 30.8. The van der Waals surface area contributed by atoms with E-state index in [0.29, 0.717) is 48.7 Å². The third-order valence-electron chi connectivity index (χ3n) is 5.11. The van der Waals surface area contributed by atoms with E-state index in [0.717, 1.165) is 25.9 Å². The smallest absolute Gasteiger partial charge is 0.325 e. The lowest BCUT2D eigenvalue weighted by atomic mass is 9.98. The van der Waals surface area contributed by atoms with Crippen molar-refractivity contribution in [2.45, 2.75) is 32.1 Å². The number of nitrogens with zero attached hydrogens (tertiary/aromatic N) is 3. The first-order chi connectivity index (χ1) is 14.6. The Bertz CT molecular complexity index is 915. The van der Waals surface area contributed by atoms with E-state index in [-0.39, 0.29) is 18.2 Å². The molecule has 2 aliphatic rings. The SMILES string of the molecule is Cc1noc(C2CCCN(CCC(=O)NC(=O)Nc3ccc4c(c3)OCCO4)C2)n1. The van der Waals surface area contributed by atoms with E-state index in [1.165, 1.54) is 0 Å². The highest BCUT2D eigenvalue weighted by Crippen LogP contribution is 2.32. The maximum atomic E-state index is 12.2. The Morgan fingerprint density at radius 2 is 2.07 bits per heavy atom. The average Bonchev–Trinajstić information content (AvgIpc) is 3.19. The highest BCUT2D eigenvalue weighted by molar-refractivity contribution is 6.01. The molecule has 0 saturated carbocycles. The minimum absolute atomic E-state index is 0.182. The Morgan fingerprint density at radius 3 is 2.87 bits per heavy atom. The molecule has 10 nitrogen and oxygen atoms in total. The van der Waals surface area contributed by atoms with Crippen LogP contribution in [0.1, 0.15) is 36.9 Å². The van der Waals surface area contributed by atoms with Gasteiger partial charge in [-0.1, -0.05) is 5.16 Å². The number of amides is 3. The average molecular weight is 415 g/mol. The predicted molar refractivity (Wildman–Crippen MR) is 107 cm³/mol. The summed E-state index contributed by atoms with van der Waals surface area (Å²) in [6.07, 6.45) is 2.21. The van der Waals surface area contributed by atoms with Crippen LogP contribution in [0.25, 0.3) is 0 Å². The van der Waals surface area contributed by atoms with Crippen LogP contribution in [0.2, 0.25) is 0 Å². The van der Waals surface area contributed by atoms with Gasteiger partial charge in [0.25, 0.3) is 0 Å². The van der Waals surface area contributed by atoms with Gasteiger partial charge in [0.2, 0.25) is 11.8 Å². The number of carbonyl (C=O) groups is 2. The van der Waals surface area contributed by atoms with Crippen molar-refractivity contribution in [3.8, 4) is 11.5 Å². The second kappa shape index (κ2) is 9.12. The van der Waals surface area contributed by atoms with Gasteiger partial charge >= 0.3 is 6.03 Å². The van der Waals surface area contributed by atoms with E-state index >= 15 is 0 Å². The van der Waals surface area contributed by atoms with Gasteiger partial charge in [0.05, 0.1) is 5.92 Å². The number of hydrogen-bond donors (Lipinski definition) is 2. The van der Waals surface area contributed by atoms with Crippen molar-refractivity contribution in [2.75, 3.05) is 38.2 Å². The maximum absolute atomic E-state index is 12.2. The zero-order valence-corrected chi connectivity index (χ0v) is 16.8. The number of imide groups is 1. The highest BCUT2D eigenvalue weighted by Gasteiger charge is 2.26. The van der Waals surface area contributed by atoms with Crippen molar-refractivity contribution in [2.24, 2.45) is 0 Å². The number of likely N-dealkylation sites (tertiary alicyclic amines) is 1. The molecule has 1 aromatic heterocycles. The summed E-state index contributed by atoms with van der Waals surface area (Å²) < 4.78 is 16.2. The predicted octanol–water partition coefficient (Wildman–Crippen LogP) is 2.07. The second-order valence-electron chi connectivity index (χ2n) is 7.43. The minimum Gasteiger partial charge on any atom is -0.486 e. The van der Waals surface area contributed by atoms with Crippen LogP contribution in [0, 0.1) is 6.92 Å². The molecule has 2 N–H and O–H groups in total. The lowest BCUT2D eigenvalue weighted by molar-refractivity contribution is -0.120. The minimum atomic E-state index is -0.575. The standard InChI is InChI=1S/C20H25N5O5/c1-13-21-19(30-24-13)14-3-2-7-25(12-14)8-6-18(26)23-20(27)22-15-4-5-16-17(11-15)29-10-9-28-16/h4-5,11,14H,2-3,6-10,12H2,1H3,(H2,22,23,26,27). The van der Waals surface area contributed by atoms with Crippen molar-refractivity contribution >= 4 is 17.6 Å². The second-order valence-corrected chi connectivity index (χ2v) is 7.43. The molecule has 1 fully saturated rings. The number of urea groups is 1. The third-order valence-corrected chi connectivity index (χ3v) is 5.11. The number of anilines is 1. The summed E-state index contributed by atoms with van der Waals surface area (Å²) in [5.74, 6) is 2.34. The number of aryl methyl sites for hydroxylation is 1. The van der Waals surface area contributed by atoms with Gasteiger partial charge in [0.1, 0.15) is 13.2 Å². The molecule has 1 atom stereocenters. The van der Waals surface area contributed by atoms with E-state index < -0.39 is 6.03 Å². The number of ether oxygens (including phenoxy) is 2. The Balaban J connectivity index is 1.22. The summed E-state index contributed by atoms with van der Waals surface area (Å²) in [5, 5.41) is 8.86. The molecule has 0 spiro atoms. The number of rotatable bonds is 5. The molecule has 0 aliphatic carbocycles. The van der Waals surface area contributed by atoms with Crippen molar-refractivity contribution < 1.29 is 23.6 Å². The molecule has 3 heterocycles. The Morgan fingerprint density at radius 1 is 1.23 bits per heavy atom. The number of fused-ring (bicyclic) bond motifs is 1. The molecule has 160 valence electrons. The normalized spacial score (nSPS) is 18.6. The molecule has 1 unspecified atom stereocenters. The number of benzene rings is 1. The van der Waals surface area contributed by atoms with Gasteiger partial charge in [-0.3, -0.25) is 10.1 Å². The number of hydrogen-bond acceptors (Lipinski definition) is 8. The van der Waals surface area contributed by atoms with Crippen LogP contribution in [0.15, 0.2) is 22.7 Å². The molecule has 3 amide bonds. The molecule has 0 radical (unpaired) electrons. The van der Waals surface area contributed by atoms with E-state index in [9.17, 15) is 9.59 Å². The van der Waals surface area contributed by atoms with Crippen LogP contribution in [0.3, 0.4) is 0 Å². The van der Waals surface area contributed by atoms with Gasteiger partial charge < -0.3 is 24.2 Å². The van der Waals surface area contributed by atoms with Crippen LogP contribution in [-0.4, -0.2) is 59.8 Å². The summed E-state index contributed by atoms with van der Waals surface area (Å²) in [5.41, 5.74) is 0.526. The lowest BCUT2D eigenvalue weighted by Crippen LogP contribution is -2.39. The first-order valence-electron chi connectivity index (χ1n) is 10.1. The molecular weight excluding hydrogens is 390 g/mol. The third kappa shape index (κ3) is 5.07. The van der Waals surface area contributed by atoms with E-state index in [1.54, 1.807) is 25.1 Å². The molecule has 1 saturated heterocycles. The molecule has 4 rings (SSSR count). The zero-order valence-electron chi connectivity index (χ0n) is 16.8. The Kier molecular flexibility index (Phi) is 6.12. The molecule has 2 aromatic rings. The number of aromatic nitrogens is 2. The number of carbonyl (C=O) groups excluding carboxylic acids is 2. The Hall–Kier alpha value is -3.14. The van der Waals surface area contributed by atoms with Crippen LogP contribution in [0.4, 0.5) is 10.5 Å². The van der Waals surface area contributed by atoms with Gasteiger partial charge in [0, 0.05) is 31.3 Å². The monoisotopic (exact) mass is 415 g/mol. The van der Waals surface area contributed by atoms with Crippen molar-refractivity contribution in [3.63, 3.8) is 0 Å². The molecule has 2 aliphatic heterocycles. The van der Waals surface area contributed by atoms with Gasteiger partial charge in [-0.25, -0.2) is 4.79 Å².